The monoisotopic (exact) mass is 386 g/mol. The molecular weight excluding hydrogens is 368 g/mol. The Balaban J connectivity index is 1.45. The zero-order valence-electron chi connectivity index (χ0n) is 15.6. The van der Waals surface area contributed by atoms with Gasteiger partial charge < -0.3 is 19.8 Å². The number of ether oxygens (including phenoxy) is 1. The van der Waals surface area contributed by atoms with E-state index in [-0.39, 0.29) is 11.9 Å². The molecule has 4 aromatic rings. The number of hydrogen-bond donors (Lipinski definition) is 2. The zero-order valence-corrected chi connectivity index (χ0v) is 15.6. The Morgan fingerprint density at radius 2 is 1.62 bits per heavy atom. The average Bonchev–Trinajstić information content (AvgIpc) is 3.24. The van der Waals surface area contributed by atoms with Gasteiger partial charge in [0.15, 0.2) is 0 Å². The van der Waals surface area contributed by atoms with Crippen molar-refractivity contribution in [2.24, 2.45) is 0 Å². The summed E-state index contributed by atoms with van der Waals surface area (Å²) in [5.74, 6) is 0.869. The number of methoxy groups -OCH3 is 1. The van der Waals surface area contributed by atoms with E-state index in [1.165, 1.54) is 0 Å². The summed E-state index contributed by atoms with van der Waals surface area (Å²) < 4.78 is 11.0. The lowest BCUT2D eigenvalue weighted by molar-refractivity contribution is 0.102. The van der Waals surface area contributed by atoms with Crippen LogP contribution >= 0.6 is 0 Å². The molecule has 0 saturated carbocycles. The van der Waals surface area contributed by atoms with E-state index in [2.05, 4.69) is 20.8 Å². The maximum Gasteiger partial charge on any atom is 0.320 e. The number of anilines is 3. The first-order chi connectivity index (χ1) is 14.2. The molecule has 0 saturated heterocycles. The zero-order chi connectivity index (χ0) is 20.1. The number of para-hydroxylation sites is 2. The molecule has 29 heavy (non-hydrogen) atoms. The van der Waals surface area contributed by atoms with Crippen molar-refractivity contribution in [3.63, 3.8) is 0 Å². The molecule has 0 aliphatic carbocycles. The molecule has 0 atom stereocenters. The van der Waals surface area contributed by atoms with Crippen molar-refractivity contribution in [2.45, 2.75) is 0 Å². The van der Waals surface area contributed by atoms with E-state index >= 15 is 0 Å². The first-order valence-electron chi connectivity index (χ1n) is 8.93. The minimum absolute atomic E-state index is 0.167. The lowest BCUT2D eigenvalue weighted by Gasteiger charge is -2.07. The lowest BCUT2D eigenvalue weighted by atomic mass is 10.2. The highest BCUT2D eigenvalue weighted by Gasteiger charge is 2.11. The van der Waals surface area contributed by atoms with Crippen LogP contribution in [0.5, 0.6) is 5.75 Å². The van der Waals surface area contributed by atoms with Crippen molar-refractivity contribution in [1.29, 1.82) is 0 Å². The standard InChI is InChI=1S/C22H18N4O3/c1-28-19-10-6-5-9-18(19)24-22-26-25-21(29-22)16-11-13-17(14-12-16)23-20(27)15-7-3-2-4-8-15/h2-14H,1H3,(H,23,27)(H,24,26). The summed E-state index contributed by atoms with van der Waals surface area (Å²) in [5, 5.41) is 14.0. The Hall–Kier alpha value is -4.13. The number of carbonyl (C=O) groups is 1. The van der Waals surface area contributed by atoms with Crippen LogP contribution < -0.4 is 15.4 Å². The van der Waals surface area contributed by atoms with Gasteiger partial charge in [-0.3, -0.25) is 4.79 Å². The first-order valence-corrected chi connectivity index (χ1v) is 8.93. The van der Waals surface area contributed by atoms with E-state index in [9.17, 15) is 4.79 Å². The molecule has 0 radical (unpaired) electrons. The van der Waals surface area contributed by atoms with E-state index in [1.54, 1.807) is 43.5 Å². The molecule has 4 rings (SSSR count). The largest absolute Gasteiger partial charge is 0.495 e. The molecule has 0 unspecified atom stereocenters. The van der Waals surface area contributed by atoms with Crippen molar-refractivity contribution >= 4 is 23.3 Å². The number of amides is 1. The molecule has 0 bridgehead atoms. The third-order valence-electron chi connectivity index (χ3n) is 4.20. The van der Waals surface area contributed by atoms with Gasteiger partial charge in [0, 0.05) is 16.8 Å². The maximum atomic E-state index is 12.2. The molecule has 1 heterocycles. The van der Waals surface area contributed by atoms with Gasteiger partial charge >= 0.3 is 6.01 Å². The van der Waals surface area contributed by atoms with Crippen LogP contribution in [0.25, 0.3) is 11.5 Å². The van der Waals surface area contributed by atoms with Crippen LogP contribution in [0.3, 0.4) is 0 Å². The van der Waals surface area contributed by atoms with Gasteiger partial charge in [-0.05, 0) is 48.5 Å². The quantitative estimate of drug-likeness (QED) is 0.497. The summed E-state index contributed by atoms with van der Waals surface area (Å²) in [5.41, 5.74) is 2.74. The summed E-state index contributed by atoms with van der Waals surface area (Å²) in [4.78, 5) is 12.2. The van der Waals surface area contributed by atoms with E-state index in [0.717, 1.165) is 11.3 Å². The fraction of sp³-hybridized carbons (Fsp3) is 0.0455. The Labute approximate surface area is 167 Å². The van der Waals surface area contributed by atoms with E-state index in [4.69, 9.17) is 9.15 Å². The summed E-state index contributed by atoms with van der Waals surface area (Å²) in [7, 11) is 1.60. The van der Waals surface area contributed by atoms with Gasteiger partial charge in [0.1, 0.15) is 5.75 Å². The van der Waals surface area contributed by atoms with Crippen LogP contribution in [-0.4, -0.2) is 23.2 Å². The highest BCUT2D eigenvalue weighted by molar-refractivity contribution is 6.04. The highest BCUT2D eigenvalue weighted by Crippen LogP contribution is 2.28. The second kappa shape index (κ2) is 8.26. The van der Waals surface area contributed by atoms with Crippen molar-refractivity contribution in [3.8, 4) is 17.2 Å². The van der Waals surface area contributed by atoms with Crippen LogP contribution in [0.2, 0.25) is 0 Å². The van der Waals surface area contributed by atoms with Crippen LogP contribution in [0, 0.1) is 0 Å². The van der Waals surface area contributed by atoms with Gasteiger partial charge in [-0.25, -0.2) is 0 Å². The SMILES string of the molecule is COc1ccccc1Nc1nnc(-c2ccc(NC(=O)c3ccccc3)cc2)o1. The normalized spacial score (nSPS) is 10.4. The van der Waals surface area contributed by atoms with Gasteiger partial charge in [0.2, 0.25) is 5.89 Å². The van der Waals surface area contributed by atoms with Crippen molar-refractivity contribution < 1.29 is 13.9 Å². The molecule has 2 N–H and O–H groups in total. The molecule has 0 fully saturated rings. The third-order valence-corrected chi connectivity index (χ3v) is 4.20. The van der Waals surface area contributed by atoms with E-state index in [1.807, 2.05) is 42.5 Å². The van der Waals surface area contributed by atoms with Gasteiger partial charge in [0.05, 0.1) is 12.8 Å². The molecule has 1 aromatic heterocycles. The number of aromatic nitrogens is 2. The molecular formula is C22H18N4O3. The molecule has 3 aromatic carbocycles. The maximum absolute atomic E-state index is 12.2. The Morgan fingerprint density at radius 3 is 2.38 bits per heavy atom. The number of benzene rings is 3. The summed E-state index contributed by atoms with van der Waals surface area (Å²) in [6, 6.07) is 23.9. The molecule has 7 nitrogen and oxygen atoms in total. The summed E-state index contributed by atoms with van der Waals surface area (Å²) in [6.07, 6.45) is 0. The van der Waals surface area contributed by atoms with Gasteiger partial charge in [0.25, 0.3) is 5.91 Å². The second-order valence-electron chi connectivity index (χ2n) is 6.14. The van der Waals surface area contributed by atoms with Crippen LogP contribution in [0.1, 0.15) is 10.4 Å². The summed E-state index contributed by atoms with van der Waals surface area (Å²) >= 11 is 0. The van der Waals surface area contributed by atoms with Crippen LogP contribution in [0.15, 0.2) is 83.3 Å². The number of rotatable bonds is 6. The Bertz CT molecular complexity index is 1110. The molecule has 144 valence electrons. The fourth-order valence-electron chi connectivity index (χ4n) is 2.74. The minimum atomic E-state index is -0.167. The minimum Gasteiger partial charge on any atom is -0.495 e. The highest BCUT2D eigenvalue weighted by atomic mass is 16.5. The van der Waals surface area contributed by atoms with Crippen LogP contribution in [-0.2, 0) is 0 Å². The second-order valence-corrected chi connectivity index (χ2v) is 6.14. The molecule has 0 spiro atoms. The van der Waals surface area contributed by atoms with E-state index in [0.29, 0.717) is 22.9 Å². The number of nitrogens with zero attached hydrogens (tertiary/aromatic N) is 2. The van der Waals surface area contributed by atoms with E-state index < -0.39 is 0 Å². The molecule has 1 amide bonds. The lowest BCUT2D eigenvalue weighted by Crippen LogP contribution is -2.11. The smallest absolute Gasteiger partial charge is 0.320 e. The topological polar surface area (TPSA) is 89.3 Å². The molecule has 0 aliphatic rings. The third kappa shape index (κ3) is 4.24. The Morgan fingerprint density at radius 1 is 0.897 bits per heavy atom. The first kappa shape index (κ1) is 18.2. The van der Waals surface area contributed by atoms with Gasteiger partial charge in [-0.2, -0.15) is 0 Å². The van der Waals surface area contributed by atoms with Crippen molar-refractivity contribution in [1.82, 2.24) is 10.2 Å². The predicted molar refractivity (Wildman–Crippen MR) is 110 cm³/mol. The predicted octanol–water partition coefficient (Wildman–Crippen LogP) is 4.74. The molecule has 0 aliphatic heterocycles. The van der Waals surface area contributed by atoms with Gasteiger partial charge in [-0.15, -0.1) is 5.10 Å². The van der Waals surface area contributed by atoms with Crippen molar-refractivity contribution in [2.75, 3.05) is 17.7 Å². The average molecular weight is 386 g/mol. The fourth-order valence-corrected chi connectivity index (χ4v) is 2.74. The van der Waals surface area contributed by atoms with Gasteiger partial charge in [-0.1, -0.05) is 35.4 Å². The number of carbonyl (C=O) groups excluding carboxylic acids is 1. The van der Waals surface area contributed by atoms with Crippen LogP contribution in [0.4, 0.5) is 17.4 Å². The molecule has 7 heteroatoms. The Kier molecular flexibility index (Phi) is 5.20. The number of hydrogen-bond acceptors (Lipinski definition) is 6. The summed E-state index contributed by atoms with van der Waals surface area (Å²) in [6.45, 7) is 0. The van der Waals surface area contributed by atoms with Crippen molar-refractivity contribution in [3.05, 3.63) is 84.4 Å². The number of nitrogens with one attached hydrogen (secondary N) is 2.